The summed E-state index contributed by atoms with van der Waals surface area (Å²) in [6.45, 7) is 4.59. The lowest BCUT2D eigenvalue weighted by molar-refractivity contribution is -0.129. The molecule has 0 bridgehead atoms. The molecule has 0 spiro atoms. The van der Waals surface area contributed by atoms with Gasteiger partial charge in [-0.1, -0.05) is 32.4 Å². The van der Waals surface area contributed by atoms with Gasteiger partial charge in [-0.25, -0.2) is 4.79 Å². The molecule has 2 aromatic rings. The normalized spacial score (nSPS) is 10.8. The number of rotatable bonds is 9. The molecular weight excluding hydrogens is 438 g/mol. The lowest BCUT2D eigenvalue weighted by Crippen LogP contribution is -2.26. The topological polar surface area (TPSA) is 100 Å². The standard InChI is InChI=1S/C23H26ClNO7/c1-23(2,3)20(26)12-32-22(28)14-6-8-18(19(10-14)30-5)31-13-21(27)25-16-11-15(24)7-9-17(16)29-4/h6-11H,12-13H2,1-5H3,(H,25,27). The minimum Gasteiger partial charge on any atom is -0.495 e. The first-order valence-corrected chi connectivity index (χ1v) is 10.1. The smallest absolute Gasteiger partial charge is 0.338 e. The summed E-state index contributed by atoms with van der Waals surface area (Å²) >= 11 is 5.96. The quantitative estimate of drug-likeness (QED) is 0.557. The van der Waals surface area contributed by atoms with E-state index in [1.807, 2.05) is 0 Å². The van der Waals surface area contributed by atoms with E-state index in [1.54, 1.807) is 39.0 Å². The van der Waals surface area contributed by atoms with E-state index in [0.29, 0.717) is 16.5 Å². The number of Topliss-reactive ketones (excluding diaryl/α,β-unsaturated/α-hetero) is 1. The number of carbonyl (C=O) groups excluding carboxylic acids is 3. The molecule has 0 heterocycles. The van der Waals surface area contributed by atoms with Crippen molar-refractivity contribution in [3.63, 3.8) is 0 Å². The second-order valence-electron chi connectivity index (χ2n) is 7.80. The Morgan fingerprint density at radius 2 is 1.56 bits per heavy atom. The van der Waals surface area contributed by atoms with Crippen molar-refractivity contribution in [2.75, 3.05) is 32.8 Å². The van der Waals surface area contributed by atoms with Crippen LogP contribution in [0.5, 0.6) is 17.2 Å². The Morgan fingerprint density at radius 3 is 2.19 bits per heavy atom. The van der Waals surface area contributed by atoms with Crippen molar-refractivity contribution in [3.8, 4) is 17.2 Å². The second-order valence-corrected chi connectivity index (χ2v) is 8.23. The number of hydrogen-bond donors (Lipinski definition) is 1. The van der Waals surface area contributed by atoms with E-state index in [0.717, 1.165) is 0 Å². The third-order valence-corrected chi connectivity index (χ3v) is 4.60. The lowest BCUT2D eigenvalue weighted by Gasteiger charge is -2.16. The Morgan fingerprint density at radius 1 is 0.906 bits per heavy atom. The number of ketones is 1. The maximum atomic E-state index is 12.3. The number of amides is 1. The van der Waals surface area contributed by atoms with Gasteiger partial charge in [-0.15, -0.1) is 0 Å². The molecule has 0 unspecified atom stereocenters. The Balaban J connectivity index is 2.01. The molecule has 172 valence electrons. The molecule has 0 aliphatic carbocycles. The van der Waals surface area contributed by atoms with Crippen molar-refractivity contribution in [2.45, 2.75) is 20.8 Å². The summed E-state index contributed by atoms with van der Waals surface area (Å²) in [5.41, 5.74) is -0.0155. The van der Waals surface area contributed by atoms with Crippen molar-refractivity contribution in [2.24, 2.45) is 5.41 Å². The first kappa shape index (κ1) is 25.0. The number of hydrogen-bond acceptors (Lipinski definition) is 7. The Kier molecular flexibility index (Phi) is 8.48. The molecule has 9 heteroatoms. The molecule has 0 atom stereocenters. The van der Waals surface area contributed by atoms with Gasteiger partial charge in [0.2, 0.25) is 0 Å². The van der Waals surface area contributed by atoms with E-state index in [4.69, 9.17) is 30.5 Å². The predicted molar refractivity (Wildman–Crippen MR) is 120 cm³/mol. The van der Waals surface area contributed by atoms with Crippen LogP contribution < -0.4 is 19.5 Å². The summed E-state index contributed by atoms with van der Waals surface area (Å²) in [5.74, 6) is -0.374. The molecule has 2 aromatic carbocycles. The minimum absolute atomic E-state index is 0.184. The highest BCUT2D eigenvalue weighted by Crippen LogP contribution is 2.30. The average Bonchev–Trinajstić information content (AvgIpc) is 2.75. The number of esters is 1. The van der Waals surface area contributed by atoms with Crippen molar-refractivity contribution in [1.29, 1.82) is 0 Å². The number of carbonyl (C=O) groups is 3. The van der Waals surface area contributed by atoms with Gasteiger partial charge in [-0.3, -0.25) is 9.59 Å². The summed E-state index contributed by atoms with van der Waals surface area (Å²) in [6.07, 6.45) is 0. The first-order chi connectivity index (χ1) is 15.0. The maximum absolute atomic E-state index is 12.3. The summed E-state index contributed by atoms with van der Waals surface area (Å²) < 4.78 is 21.0. The molecule has 8 nitrogen and oxygen atoms in total. The Bertz CT molecular complexity index is 998. The molecular formula is C23H26ClNO7. The fourth-order valence-corrected chi connectivity index (χ4v) is 2.62. The summed E-state index contributed by atoms with van der Waals surface area (Å²) in [4.78, 5) is 36.5. The molecule has 0 radical (unpaired) electrons. The van der Waals surface area contributed by atoms with Crippen LogP contribution in [-0.2, 0) is 14.3 Å². The van der Waals surface area contributed by atoms with Gasteiger partial charge in [0.1, 0.15) is 5.75 Å². The Labute approximate surface area is 191 Å². The monoisotopic (exact) mass is 463 g/mol. The molecule has 0 saturated heterocycles. The van der Waals surface area contributed by atoms with Gasteiger partial charge in [0.05, 0.1) is 25.5 Å². The summed E-state index contributed by atoms with van der Waals surface area (Å²) in [7, 11) is 2.88. The highest BCUT2D eigenvalue weighted by Gasteiger charge is 2.23. The van der Waals surface area contributed by atoms with Crippen LogP contribution in [-0.4, -0.2) is 45.1 Å². The fourth-order valence-electron chi connectivity index (χ4n) is 2.45. The number of anilines is 1. The molecule has 0 saturated carbocycles. The van der Waals surface area contributed by atoms with Gasteiger partial charge in [0.15, 0.2) is 30.5 Å². The first-order valence-electron chi connectivity index (χ1n) is 9.69. The van der Waals surface area contributed by atoms with Gasteiger partial charge in [0.25, 0.3) is 5.91 Å². The second kappa shape index (κ2) is 10.9. The van der Waals surface area contributed by atoms with E-state index in [-0.39, 0.29) is 36.1 Å². The summed E-state index contributed by atoms with van der Waals surface area (Å²) in [6, 6.07) is 9.19. The zero-order chi connectivity index (χ0) is 23.9. The fraction of sp³-hybridized carbons (Fsp3) is 0.348. The van der Waals surface area contributed by atoms with Gasteiger partial charge >= 0.3 is 5.97 Å². The van der Waals surface area contributed by atoms with Crippen molar-refractivity contribution >= 4 is 34.9 Å². The molecule has 1 N–H and O–H groups in total. The van der Waals surface area contributed by atoms with Crippen LogP contribution >= 0.6 is 11.6 Å². The molecule has 0 fully saturated rings. The molecule has 0 aliphatic heterocycles. The van der Waals surface area contributed by atoms with Crippen LogP contribution in [0.2, 0.25) is 5.02 Å². The lowest BCUT2D eigenvalue weighted by atomic mass is 9.91. The number of methoxy groups -OCH3 is 2. The minimum atomic E-state index is -0.668. The molecule has 2 rings (SSSR count). The highest BCUT2D eigenvalue weighted by atomic mass is 35.5. The zero-order valence-corrected chi connectivity index (χ0v) is 19.4. The molecule has 1 amide bonds. The SMILES string of the molecule is COc1ccc(Cl)cc1NC(=O)COc1ccc(C(=O)OCC(=O)C(C)(C)C)cc1OC. The van der Waals surface area contributed by atoms with E-state index < -0.39 is 17.3 Å². The van der Waals surface area contributed by atoms with Crippen LogP contribution in [0.25, 0.3) is 0 Å². The van der Waals surface area contributed by atoms with Gasteiger partial charge in [0, 0.05) is 10.4 Å². The molecule has 0 aromatic heterocycles. The van der Waals surface area contributed by atoms with Crippen LogP contribution in [0.1, 0.15) is 31.1 Å². The van der Waals surface area contributed by atoms with Crippen LogP contribution in [0.3, 0.4) is 0 Å². The third-order valence-electron chi connectivity index (χ3n) is 4.36. The highest BCUT2D eigenvalue weighted by molar-refractivity contribution is 6.31. The van der Waals surface area contributed by atoms with Crippen LogP contribution in [0.4, 0.5) is 5.69 Å². The Hall–Kier alpha value is -3.26. The van der Waals surface area contributed by atoms with Gasteiger partial charge < -0.3 is 24.3 Å². The number of ether oxygens (including phenoxy) is 4. The van der Waals surface area contributed by atoms with Gasteiger partial charge in [-0.05, 0) is 36.4 Å². The van der Waals surface area contributed by atoms with Crippen molar-refractivity contribution < 1.29 is 33.3 Å². The summed E-state index contributed by atoms with van der Waals surface area (Å²) in [5, 5.41) is 3.10. The van der Waals surface area contributed by atoms with E-state index >= 15 is 0 Å². The van der Waals surface area contributed by atoms with E-state index in [2.05, 4.69) is 5.32 Å². The van der Waals surface area contributed by atoms with Crippen molar-refractivity contribution in [1.82, 2.24) is 0 Å². The predicted octanol–water partition coefficient (Wildman–Crippen LogP) is 4.15. The van der Waals surface area contributed by atoms with E-state index in [1.165, 1.54) is 32.4 Å². The molecule has 0 aliphatic rings. The largest absolute Gasteiger partial charge is 0.495 e. The van der Waals surface area contributed by atoms with Gasteiger partial charge in [-0.2, -0.15) is 0 Å². The third kappa shape index (κ3) is 6.88. The average molecular weight is 464 g/mol. The molecule has 32 heavy (non-hydrogen) atoms. The van der Waals surface area contributed by atoms with Crippen LogP contribution in [0, 0.1) is 5.41 Å². The van der Waals surface area contributed by atoms with Crippen LogP contribution in [0.15, 0.2) is 36.4 Å². The zero-order valence-electron chi connectivity index (χ0n) is 18.6. The van der Waals surface area contributed by atoms with Crippen molar-refractivity contribution in [3.05, 3.63) is 47.0 Å². The number of benzene rings is 2. The van der Waals surface area contributed by atoms with E-state index in [9.17, 15) is 14.4 Å². The number of halogens is 1. The maximum Gasteiger partial charge on any atom is 0.338 e. The number of nitrogens with one attached hydrogen (secondary N) is 1.